The molecule has 0 radical (unpaired) electrons. The van der Waals surface area contributed by atoms with Crippen LogP contribution in [-0.2, 0) is 13.1 Å². The van der Waals surface area contributed by atoms with Gasteiger partial charge in [-0.05, 0) is 33.3 Å². The van der Waals surface area contributed by atoms with Crippen LogP contribution in [0.15, 0.2) is 36.7 Å². The molecule has 19 heavy (non-hydrogen) atoms. The number of aromatic nitrogens is 2. The SMILES string of the molecule is Cc1cccc(Cn2cc(CNC(C)(C)C)cn2)c1. The zero-order valence-electron chi connectivity index (χ0n) is 12.3. The second kappa shape index (κ2) is 5.57. The third-order valence-corrected chi connectivity index (χ3v) is 2.94. The highest BCUT2D eigenvalue weighted by Gasteiger charge is 2.09. The van der Waals surface area contributed by atoms with E-state index in [0.717, 1.165) is 13.1 Å². The minimum atomic E-state index is 0.138. The van der Waals surface area contributed by atoms with Crippen LogP contribution >= 0.6 is 0 Å². The van der Waals surface area contributed by atoms with E-state index in [2.05, 4.69) is 68.6 Å². The van der Waals surface area contributed by atoms with Crippen LogP contribution in [0.5, 0.6) is 0 Å². The summed E-state index contributed by atoms with van der Waals surface area (Å²) in [5, 5.41) is 7.89. The van der Waals surface area contributed by atoms with E-state index in [1.807, 2.05) is 10.9 Å². The highest BCUT2D eigenvalue weighted by atomic mass is 15.3. The van der Waals surface area contributed by atoms with Gasteiger partial charge in [-0.2, -0.15) is 5.10 Å². The van der Waals surface area contributed by atoms with Crippen molar-refractivity contribution in [2.45, 2.75) is 46.3 Å². The number of hydrogen-bond acceptors (Lipinski definition) is 2. The Kier molecular flexibility index (Phi) is 4.05. The molecule has 0 atom stereocenters. The van der Waals surface area contributed by atoms with Crippen molar-refractivity contribution in [2.75, 3.05) is 0 Å². The molecule has 0 spiro atoms. The van der Waals surface area contributed by atoms with E-state index in [9.17, 15) is 0 Å². The predicted octanol–water partition coefficient (Wildman–Crippen LogP) is 3.13. The maximum atomic E-state index is 4.42. The van der Waals surface area contributed by atoms with E-state index in [-0.39, 0.29) is 5.54 Å². The van der Waals surface area contributed by atoms with Crippen molar-refractivity contribution in [3.05, 3.63) is 53.3 Å². The van der Waals surface area contributed by atoms with Crippen molar-refractivity contribution >= 4 is 0 Å². The summed E-state index contributed by atoms with van der Waals surface area (Å²) in [7, 11) is 0. The van der Waals surface area contributed by atoms with E-state index >= 15 is 0 Å². The fourth-order valence-corrected chi connectivity index (χ4v) is 1.95. The van der Waals surface area contributed by atoms with Gasteiger partial charge in [-0.1, -0.05) is 29.8 Å². The normalized spacial score (nSPS) is 11.8. The molecule has 1 aromatic carbocycles. The zero-order valence-corrected chi connectivity index (χ0v) is 12.3. The van der Waals surface area contributed by atoms with Gasteiger partial charge in [0.1, 0.15) is 0 Å². The van der Waals surface area contributed by atoms with Gasteiger partial charge in [0.15, 0.2) is 0 Å². The lowest BCUT2D eigenvalue weighted by Gasteiger charge is -2.19. The molecule has 0 bridgehead atoms. The summed E-state index contributed by atoms with van der Waals surface area (Å²) in [6, 6.07) is 8.55. The Labute approximate surface area is 115 Å². The van der Waals surface area contributed by atoms with Gasteiger partial charge in [0.05, 0.1) is 12.7 Å². The summed E-state index contributed by atoms with van der Waals surface area (Å²) in [5.74, 6) is 0. The molecule has 0 fully saturated rings. The van der Waals surface area contributed by atoms with Gasteiger partial charge in [-0.25, -0.2) is 0 Å². The lowest BCUT2D eigenvalue weighted by atomic mass is 10.1. The van der Waals surface area contributed by atoms with Gasteiger partial charge in [0.25, 0.3) is 0 Å². The van der Waals surface area contributed by atoms with Crippen LogP contribution in [0.25, 0.3) is 0 Å². The van der Waals surface area contributed by atoms with E-state index in [4.69, 9.17) is 0 Å². The maximum absolute atomic E-state index is 4.42. The molecule has 0 aliphatic rings. The third-order valence-electron chi connectivity index (χ3n) is 2.94. The minimum Gasteiger partial charge on any atom is -0.308 e. The molecule has 0 unspecified atom stereocenters. The smallest absolute Gasteiger partial charge is 0.0659 e. The molecule has 0 aliphatic carbocycles. The Hall–Kier alpha value is -1.61. The van der Waals surface area contributed by atoms with Crippen molar-refractivity contribution in [3.63, 3.8) is 0 Å². The summed E-state index contributed by atoms with van der Waals surface area (Å²) in [5.41, 5.74) is 3.94. The monoisotopic (exact) mass is 257 g/mol. The molecule has 1 aromatic heterocycles. The van der Waals surface area contributed by atoms with Crippen LogP contribution < -0.4 is 5.32 Å². The average Bonchev–Trinajstić information content (AvgIpc) is 2.73. The van der Waals surface area contributed by atoms with E-state index in [1.54, 1.807) is 0 Å². The van der Waals surface area contributed by atoms with E-state index < -0.39 is 0 Å². The van der Waals surface area contributed by atoms with E-state index in [1.165, 1.54) is 16.7 Å². The number of nitrogens with one attached hydrogen (secondary N) is 1. The largest absolute Gasteiger partial charge is 0.308 e. The van der Waals surface area contributed by atoms with Crippen LogP contribution in [-0.4, -0.2) is 15.3 Å². The van der Waals surface area contributed by atoms with Crippen molar-refractivity contribution < 1.29 is 0 Å². The van der Waals surface area contributed by atoms with Crippen molar-refractivity contribution in [3.8, 4) is 0 Å². The molecule has 2 aromatic rings. The zero-order chi connectivity index (χ0) is 13.9. The first-order chi connectivity index (χ1) is 8.92. The molecule has 0 aliphatic heterocycles. The quantitative estimate of drug-likeness (QED) is 0.912. The van der Waals surface area contributed by atoms with Gasteiger partial charge >= 0.3 is 0 Å². The highest BCUT2D eigenvalue weighted by molar-refractivity contribution is 5.22. The highest BCUT2D eigenvalue weighted by Crippen LogP contribution is 2.08. The fraction of sp³-hybridized carbons (Fsp3) is 0.438. The Morgan fingerprint density at radius 3 is 2.68 bits per heavy atom. The van der Waals surface area contributed by atoms with Crippen LogP contribution in [0.3, 0.4) is 0 Å². The molecule has 2 rings (SSSR count). The average molecular weight is 257 g/mol. The number of rotatable bonds is 4. The van der Waals surface area contributed by atoms with Crippen molar-refractivity contribution in [2.24, 2.45) is 0 Å². The number of benzene rings is 1. The van der Waals surface area contributed by atoms with Gasteiger partial charge in [-0.3, -0.25) is 4.68 Å². The maximum Gasteiger partial charge on any atom is 0.0659 e. The molecule has 0 amide bonds. The van der Waals surface area contributed by atoms with Crippen LogP contribution in [0.4, 0.5) is 0 Å². The topological polar surface area (TPSA) is 29.9 Å². The molecule has 1 heterocycles. The molecule has 0 saturated carbocycles. The summed E-state index contributed by atoms with van der Waals surface area (Å²) in [4.78, 5) is 0. The van der Waals surface area contributed by atoms with Crippen molar-refractivity contribution in [1.29, 1.82) is 0 Å². The summed E-state index contributed by atoms with van der Waals surface area (Å²) >= 11 is 0. The second-order valence-electron chi connectivity index (χ2n) is 6.14. The Morgan fingerprint density at radius 2 is 2.00 bits per heavy atom. The lowest BCUT2D eigenvalue weighted by Crippen LogP contribution is -2.34. The van der Waals surface area contributed by atoms with Crippen LogP contribution in [0, 0.1) is 6.92 Å². The molecular formula is C16H23N3. The molecule has 3 nitrogen and oxygen atoms in total. The third kappa shape index (κ3) is 4.52. The van der Waals surface area contributed by atoms with Gasteiger partial charge in [0, 0.05) is 23.8 Å². The summed E-state index contributed by atoms with van der Waals surface area (Å²) < 4.78 is 1.99. The molecule has 3 heteroatoms. The Balaban J connectivity index is 1.97. The number of nitrogens with zero attached hydrogens (tertiary/aromatic N) is 2. The second-order valence-corrected chi connectivity index (χ2v) is 6.14. The van der Waals surface area contributed by atoms with E-state index in [0.29, 0.717) is 0 Å². The number of hydrogen-bond donors (Lipinski definition) is 1. The Morgan fingerprint density at radius 1 is 1.21 bits per heavy atom. The summed E-state index contributed by atoms with van der Waals surface area (Å²) in [6.45, 7) is 10.3. The minimum absolute atomic E-state index is 0.138. The molecule has 0 saturated heterocycles. The van der Waals surface area contributed by atoms with Crippen molar-refractivity contribution in [1.82, 2.24) is 15.1 Å². The van der Waals surface area contributed by atoms with Gasteiger partial charge in [0.2, 0.25) is 0 Å². The lowest BCUT2D eigenvalue weighted by molar-refractivity contribution is 0.424. The summed E-state index contributed by atoms with van der Waals surface area (Å²) in [6.07, 6.45) is 4.05. The number of aryl methyl sites for hydroxylation is 1. The van der Waals surface area contributed by atoms with Gasteiger partial charge in [-0.15, -0.1) is 0 Å². The van der Waals surface area contributed by atoms with Gasteiger partial charge < -0.3 is 5.32 Å². The molecule has 1 N–H and O–H groups in total. The first-order valence-electron chi connectivity index (χ1n) is 6.74. The first kappa shape index (κ1) is 13.8. The standard InChI is InChI=1S/C16H23N3/c1-13-6-5-7-14(8-13)11-19-12-15(10-18-19)9-17-16(2,3)4/h5-8,10,12,17H,9,11H2,1-4H3. The first-order valence-corrected chi connectivity index (χ1v) is 6.74. The molecular weight excluding hydrogens is 234 g/mol. The fourth-order valence-electron chi connectivity index (χ4n) is 1.95. The predicted molar refractivity (Wildman–Crippen MR) is 79.1 cm³/mol. The van der Waals surface area contributed by atoms with Crippen LogP contribution in [0.1, 0.15) is 37.5 Å². The molecule has 102 valence electrons. The Bertz CT molecular complexity index is 535. The van der Waals surface area contributed by atoms with Crippen LogP contribution in [0.2, 0.25) is 0 Å².